The van der Waals surface area contributed by atoms with Crippen LogP contribution in [0.2, 0.25) is 0 Å². The number of primary amides is 1. The Kier molecular flexibility index (Phi) is 2.46. The van der Waals surface area contributed by atoms with Gasteiger partial charge in [0.25, 0.3) is 5.91 Å². The summed E-state index contributed by atoms with van der Waals surface area (Å²) in [5.74, 6) is -0.696. The van der Waals surface area contributed by atoms with Crippen LogP contribution in [0.3, 0.4) is 0 Å². The van der Waals surface area contributed by atoms with Gasteiger partial charge in [-0.15, -0.1) is 0 Å². The first-order valence-corrected chi connectivity index (χ1v) is 3.90. The highest BCUT2D eigenvalue weighted by Crippen LogP contribution is 1.97. The van der Waals surface area contributed by atoms with Crippen LogP contribution in [0.5, 0.6) is 0 Å². The molecular weight excluding hydrogens is 182 g/mol. The van der Waals surface area contributed by atoms with Gasteiger partial charge < -0.3 is 10.3 Å². The van der Waals surface area contributed by atoms with Crippen molar-refractivity contribution in [1.82, 2.24) is 9.97 Å². The van der Waals surface area contributed by atoms with Crippen LogP contribution in [0.25, 0.3) is 0 Å². The molecule has 0 radical (unpaired) electrons. The summed E-state index contributed by atoms with van der Waals surface area (Å²) in [7, 11) is 0. The predicted molar refractivity (Wildman–Crippen MR) is 37.7 cm³/mol. The normalized spacial score (nSPS) is 12.4. The van der Waals surface area contributed by atoms with Crippen molar-refractivity contribution in [3.63, 3.8) is 0 Å². The quantitative estimate of drug-likeness (QED) is 0.461. The van der Waals surface area contributed by atoms with E-state index < -0.39 is 17.0 Å². The Morgan fingerprint density at radius 2 is 2.00 bits per heavy atom. The van der Waals surface area contributed by atoms with E-state index in [0.717, 1.165) is 12.4 Å². The molecule has 1 heterocycles. The maximum atomic E-state index is 10.5. The van der Waals surface area contributed by atoms with Crippen molar-refractivity contribution in [1.29, 1.82) is 0 Å². The minimum absolute atomic E-state index is 0.0733. The minimum atomic E-state index is -2.47. The molecule has 1 unspecified atom stereocenters. The summed E-state index contributed by atoms with van der Waals surface area (Å²) in [6.07, 6.45) is 2.11. The average molecular weight is 186 g/mol. The number of rotatable bonds is 2. The fourth-order valence-electron chi connectivity index (χ4n) is 0.529. The largest absolute Gasteiger partial charge is 0.766 e. The van der Waals surface area contributed by atoms with Gasteiger partial charge in [-0.05, 0) is 0 Å². The van der Waals surface area contributed by atoms with E-state index in [4.69, 9.17) is 5.73 Å². The number of nitrogens with two attached hydrogens (primary N) is 1. The molecule has 0 aliphatic rings. The van der Waals surface area contributed by atoms with Crippen molar-refractivity contribution < 1.29 is 13.6 Å². The number of amides is 1. The second kappa shape index (κ2) is 3.37. The zero-order chi connectivity index (χ0) is 9.14. The molecule has 1 atom stereocenters. The predicted octanol–water partition coefficient (Wildman–Crippen LogP) is -1.19. The summed E-state index contributed by atoms with van der Waals surface area (Å²) in [6, 6.07) is 0. The van der Waals surface area contributed by atoms with Crippen molar-refractivity contribution in [2.45, 2.75) is 5.16 Å². The van der Waals surface area contributed by atoms with Gasteiger partial charge in [-0.1, -0.05) is 0 Å². The zero-order valence-electron chi connectivity index (χ0n) is 5.76. The van der Waals surface area contributed by atoms with Crippen molar-refractivity contribution >= 4 is 17.0 Å². The van der Waals surface area contributed by atoms with Crippen molar-refractivity contribution in [2.24, 2.45) is 5.73 Å². The number of hydrogen-bond acceptors (Lipinski definition) is 5. The third-order valence-electron chi connectivity index (χ3n) is 1.06. The van der Waals surface area contributed by atoms with E-state index in [2.05, 4.69) is 9.97 Å². The molecule has 1 amide bonds. The lowest BCUT2D eigenvalue weighted by Gasteiger charge is -2.01. The van der Waals surface area contributed by atoms with Crippen LogP contribution in [0.1, 0.15) is 10.4 Å². The molecule has 0 saturated carbocycles. The highest BCUT2D eigenvalue weighted by molar-refractivity contribution is 7.78. The Balaban J connectivity index is 3.01. The summed E-state index contributed by atoms with van der Waals surface area (Å²) in [5.41, 5.74) is 4.94. The van der Waals surface area contributed by atoms with Crippen LogP contribution in [-0.4, -0.2) is 24.6 Å². The zero-order valence-corrected chi connectivity index (χ0v) is 6.58. The van der Waals surface area contributed by atoms with Gasteiger partial charge in [0.05, 0.1) is 5.56 Å². The third-order valence-corrected chi connectivity index (χ3v) is 1.57. The van der Waals surface area contributed by atoms with Crippen LogP contribution < -0.4 is 5.73 Å². The molecule has 1 aromatic rings. The first-order chi connectivity index (χ1) is 5.61. The maximum absolute atomic E-state index is 10.5. The lowest BCUT2D eigenvalue weighted by molar-refractivity contribution is 0.0999. The Hall–Kier alpha value is -1.34. The van der Waals surface area contributed by atoms with Crippen LogP contribution in [0, 0.1) is 0 Å². The number of nitrogens with zero attached hydrogens (tertiary/aromatic N) is 2. The van der Waals surface area contributed by atoms with E-state index in [1.54, 1.807) is 0 Å². The van der Waals surface area contributed by atoms with Gasteiger partial charge in [0.1, 0.15) is 0 Å². The van der Waals surface area contributed by atoms with Gasteiger partial charge in [0.2, 0.25) is 5.16 Å². The topological polar surface area (TPSA) is 109 Å². The number of aromatic nitrogens is 2. The molecule has 0 bridgehead atoms. The van der Waals surface area contributed by atoms with Crippen LogP contribution in [0.4, 0.5) is 0 Å². The molecule has 1 rings (SSSR count). The molecule has 0 aliphatic heterocycles. The number of hydrogen-bond donors (Lipinski definition) is 1. The highest BCUT2D eigenvalue weighted by atomic mass is 32.2. The molecular formula is C5H4N3O3S-. The van der Waals surface area contributed by atoms with Crippen molar-refractivity contribution in [3.05, 3.63) is 18.0 Å². The van der Waals surface area contributed by atoms with E-state index in [0.29, 0.717) is 0 Å². The second-order valence-corrected chi connectivity index (χ2v) is 2.69. The van der Waals surface area contributed by atoms with E-state index in [1.807, 2.05) is 0 Å². The lowest BCUT2D eigenvalue weighted by atomic mass is 10.3. The Labute approximate surface area is 70.1 Å². The summed E-state index contributed by atoms with van der Waals surface area (Å²) in [5, 5.41) is -0.361. The number of carbonyl (C=O) groups is 1. The molecule has 64 valence electrons. The van der Waals surface area contributed by atoms with Crippen LogP contribution in [-0.2, 0) is 11.1 Å². The lowest BCUT2D eigenvalue weighted by Crippen LogP contribution is -2.12. The SMILES string of the molecule is NC(=O)c1cnc(S(=O)[O-])nc1. The minimum Gasteiger partial charge on any atom is -0.766 e. The van der Waals surface area contributed by atoms with Gasteiger partial charge in [-0.2, -0.15) is 0 Å². The third kappa shape index (κ3) is 1.83. The summed E-state index contributed by atoms with van der Waals surface area (Å²) >= 11 is -2.47. The Bertz CT molecular complexity index is 290. The molecule has 2 N–H and O–H groups in total. The molecule has 0 aromatic carbocycles. The van der Waals surface area contributed by atoms with Crippen LogP contribution in [0.15, 0.2) is 17.6 Å². The summed E-state index contributed by atoms with van der Waals surface area (Å²) in [6.45, 7) is 0. The van der Waals surface area contributed by atoms with E-state index >= 15 is 0 Å². The second-order valence-electron chi connectivity index (χ2n) is 1.85. The summed E-state index contributed by atoms with van der Waals surface area (Å²) < 4.78 is 20.5. The molecule has 12 heavy (non-hydrogen) atoms. The average Bonchev–Trinajstić information content (AvgIpc) is 2.04. The fraction of sp³-hybridized carbons (Fsp3) is 0. The monoisotopic (exact) mass is 186 g/mol. The van der Waals surface area contributed by atoms with Crippen LogP contribution >= 0.6 is 0 Å². The molecule has 0 aliphatic carbocycles. The van der Waals surface area contributed by atoms with Gasteiger partial charge in [-0.3, -0.25) is 9.00 Å². The van der Waals surface area contributed by atoms with Gasteiger partial charge in [0.15, 0.2) is 0 Å². The summed E-state index contributed by atoms with van der Waals surface area (Å²) in [4.78, 5) is 17.2. The fourth-order valence-corrected chi connectivity index (χ4v) is 0.807. The van der Waals surface area contributed by atoms with Crippen molar-refractivity contribution in [2.75, 3.05) is 0 Å². The number of carbonyl (C=O) groups excluding carboxylic acids is 1. The molecule has 0 saturated heterocycles. The van der Waals surface area contributed by atoms with E-state index in [9.17, 15) is 13.6 Å². The first-order valence-electron chi connectivity index (χ1n) is 2.82. The van der Waals surface area contributed by atoms with Gasteiger partial charge in [0, 0.05) is 23.5 Å². The highest BCUT2D eigenvalue weighted by Gasteiger charge is 2.01. The standard InChI is InChI=1S/C5H5N3O3S/c6-4(9)3-1-7-5(8-2-3)12(10)11/h1-2H,(H2,6,9)(H,10,11)/p-1. The Morgan fingerprint density at radius 1 is 1.50 bits per heavy atom. The van der Waals surface area contributed by atoms with Gasteiger partial charge in [-0.25, -0.2) is 9.97 Å². The van der Waals surface area contributed by atoms with E-state index in [-0.39, 0.29) is 10.7 Å². The molecule has 6 nitrogen and oxygen atoms in total. The Morgan fingerprint density at radius 3 is 2.33 bits per heavy atom. The molecule has 0 fully saturated rings. The van der Waals surface area contributed by atoms with E-state index in [1.165, 1.54) is 0 Å². The van der Waals surface area contributed by atoms with Crippen molar-refractivity contribution in [3.8, 4) is 0 Å². The smallest absolute Gasteiger partial charge is 0.251 e. The first kappa shape index (κ1) is 8.75. The molecule has 0 spiro atoms. The molecule has 1 aromatic heterocycles. The molecule has 7 heteroatoms. The maximum Gasteiger partial charge on any atom is 0.251 e. The van der Waals surface area contributed by atoms with Gasteiger partial charge >= 0.3 is 0 Å².